The molecule has 86 valence electrons. The molecule has 1 aromatic carbocycles. The second-order valence-electron chi connectivity index (χ2n) is 3.06. The average Bonchev–Trinajstić information content (AvgIpc) is 2.16. The van der Waals surface area contributed by atoms with Crippen molar-refractivity contribution < 1.29 is 23.1 Å². The molecule has 0 aliphatic rings. The standard InChI is InChI=1S/C11H10F2O3/c1-2-16-11(15)6-10(14)7-3-8(12)5-9(13)4-7/h3-5H,2,6H2,1H3. The van der Waals surface area contributed by atoms with Crippen molar-refractivity contribution in [2.75, 3.05) is 6.61 Å². The van der Waals surface area contributed by atoms with Gasteiger partial charge in [0.05, 0.1) is 6.61 Å². The Morgan fingerprint density at radius 3 is 2.25 bits per heavy atom. The van der Waals surface area contributed by atoms with Crippen LogP contribution in [0.3, 0.4) is 0 Å². The lowest BCUT2D eigenvalue weighted by atomic mass is 10.1. The number of esters is 1. The van der Waals surface area contributed by atoms with Gasteiger partial charge in [-0.1, -0.05) is 0 Å². The Balaban J connectivity index is 2.76. The van der Waals surface area contributed by atoms with Crippen LogP contribution in [0.15, 0.2) is 18.2 Å². The third-order valence-electron chi connectivity index (χ3n) is 1.79. The van der Waals surface area contributed by atoms with E-state index in [9.17, 15) is 18.4 Å². The Labute approximate surface area is 91.0 Å². The Bertz CT molecular complexity index is 395. The van der Waals surface area contributed by atoms with Gasteiger partial charge in [0.1, 0.15) is 18.1 Å². The highest BCUT2D eigenvalue weighted by atomic mass is 19.1. The summed E-state index contributed by atoms with van der Waals surface area (Å²) >= 11 is 0. The van der Waals surface area contributed by atoms with E-state index in [1.54, 1.807) is 6.92 Å². The topological polar surface area (TPSA) is 43.4 Å². The number of carbonyl (C=O) groups excluding carboxylic acids is 2. The third-order valence-corrected chi connectivity index (χ3v) is 1.79. The zero-order valence-electron chi connectivity index (χ0n) is 8.63. The normalized spacial score (nSPS) is 9.94. The van der Waals surface area contributed by atoms with Gasteiger partial charge in [-0.05, 0) is 19.1 Å². The number of ketones is 1. The molecule has 0 radical (unpaired) electrons. The maximum Gasteiger partial charge on any atom is 0.313 e. The Kier molecular flexibility index (Phi) is 4.10. The first-order valence-corrected chi connectivity index (χ1v) is 4.68. The first-order chi connectivity index (χ1) is 7.52. The van der Waals surface area contributed by atoms with Gasteiger partial charge in [0.15, 0.2) is 5.78 Å². The van der Waals surface area contributed by atoms with Gasteiger partial charge in [-0.25, -0.2) is 8.78 Å². The minimum Gasteiger partial charge on any atom is -0.466 e. The number of carbonyl (C=O) groups is 2. The van der Waals surface area contributed by atoms with E-state index in [0.717, 1.165) is 12.1 Å². The van der Waals surface area contributed by atoms with Gasteiger partial charge < -0.3 is 4.74 Å². The predicted molar refractivity (Wildman–Crippen MR) is 51.9 cm³/mol. The molecule has 0 N–H and O–H groups in total. The van der Waals surface area contributed by atoms with Gasteiger partial charge >= 0.3 is 5.97 Å². The molecule has 0 aliphatic carbocycles. The summed E-state index contributed by atoms with van der Waals surface area (Å²) in [6.45, 7) is 1.76. The van der Waals surface area contributed by atoms with Crippen LogP contribution in [0.25, 0.3) is 0 Å². The lowest BCUT2D eigenvalue weighted by Gasteiger charge is -2.02. The maximum absolute atomic E-state index is 12.8. The van der Waals surface area contributed by atoms with E-state index in [1.165, 1.54) is 0 Å². The first kappa shape index (κ1) is 12.3. The molecule has 0 atom stereocenters. The summed E-state index contributed by atoms with van der Waals surface area (Å²) < 4.78 is 30.1. The smallest absolute Gasteiger partial charge is 0.313 e. The van der Waals surface area contributed by atoms with Crippen molar-refractivity contribution in [1.82, 2.24) is 0 Å². The van der Waals surface area contributed by atoms with Crippen LogP contribution in [0.4, 0.5) is 8.78 Å². The van der Waals surface area contributed by atoms with Crippen molar-refractivity contribution >= 4 is 11.8 Å². The van der Waals surface area contributed by atoms with Crippen LogP contribution in [-0.2, 0) is 9.53 Å². The van der Waals surface area contributed by atoms with Gasteiger partial charge in [-0.3, -0.25) is 9.59 Å². The van der Waals surface area contributed by atoms with Crippen LogP contribution in [0.1, 0.15) is 23.7 Å². The lowest BCUT2D eigenvalue weighted by Crippen LogP contribution is -2.11. The molecule has 1 rings (SSSR count). The van der Waals surface area contributed by atoms with Crippen molar-refractivity contribution in [1.29, 1.82) is 0 Å². The number of Topliss-reactive ketones (excluding diaryl/α,β-unsaturated/α-hetero) is 1. The number of rotatable bonds is 4. The van der Waals surface area contributed by atoms with Gasteiger partial charge in [0, 0.05) is 11.6 Å². The van der Waals surface area contributed by atoms with Gasteiger partial charge in [0.25, 0.3) is 0 Å². The Morgan fingerprint density at radius 2 is 1.75 bits per heavy atom. The van der Waals surface area contributed by atoms with E-state index >= 15 is 0 Å². The number of ether oxygens (including phenoxy) is 1. The molecule has 0 amide bonds. The molecule has 3 nitrogen and oxygen atoms in total. The molecule has 5 heteroatoms. The van der Waals surface area contributed by atoms with E-state index in [-0.39, 0.29) is 12.2 Å². The molecule has 16 heavy (non-hydrogen) atoms. The zero-order chi connectivity index (χ0) is 12.1. The zero-order valence-corrected chi connectivity index (χ0v) is 8.63. The molecular weight excluding hydrogens is 218 g/mol. The summed E-state index contributed by atoms with van der Waals surface area (Å²) in [6, 6.07) is 2.41. The molecule has 0 aromatic heterocycles. The fraction of sp³-hybridized carbons (Fsp3) is 0.273. The molecule has 0 aliphatic heterocycles. The number of benzene rings is 1. The molecule has 0 saturated heterocycles. The minimum absolute atomic E-state index is 0.156. The number of hydrogen-bond acceptors (Lipinski definition) is 3. The largest absolute Gasteiger partial charge is 0.466 e. The lowest BCUT2D eigenvalue weighted by molar-refractivity contribution is -0.141. The molecule has 0 spiro atoms. The fourth-order valence-electron chi connectivity index (χ4n) is 1.16. The van der Waals surface area contributed by atoms with Crippen LogP contribution in [0.5, 0.6) is 0 Å². The molecule has 0 fully saturated rings. The van der Waals surface area contributed by atoms with E-state index in [1.807, 2.05) is 0 Å². The van der Waals surface area contributed by atoms with Gasteiger partial charge in [0.2, 0.25) is 0 Å². The summed E-state index contributed by atoms with van der Waals surface area (Å²) in [4.78, 5) is 22.4. The van der Waals surface area contributed by atoms with Crippen LogP contribution in [0.2, 0.25) is 0 Å². The minimum atomic E-state index is -0.854. The maximum atomic E-state index is 12.8. The summed E-state index contributed by atoms with van der Waals surface area (Å²) in [7, 11) is 0. The number of hydrogen-bond donors (Lipinski definition) is 0. The van der Waals surface area contributed by atoms with Crippen LogP contribution in [-0.4, -0.2) is 18.4 Å². The third kappa shape index (κ3) is 3.42. The van der Waals surface area contributed by atoms with Crippen LogP contribution in [0, 0.1) is 11.6 Å². The van der Waals surface area contributed by atoms with Crippen molar-refractivity contribution in [3.8, 4) is 0 Å². The average molecular weight is 228 g/mol. The highest BCUT2D eigenvalue weighted by Crippen LogP contribution is 2.10. The monoisotopic (exact) mass is 228 g/mol. The highest BCUT2D eigenvalue weighted by Gasteiger charge is 2.14. The summed E-state index contributed by atoms with van der Waals surface area (Å²) in [5.41, 5.74) is -0.175. The Hall–Kier alpha value is -1.78. The van der Waals surface area contributed by atoms with Gasteiger partial charge in [-0.2, -0.15) is 0 Å². The number of halogens is 2. The molecule has 0 saturated carbocycles. The van der Waals surface area contributed by atoms with E-state index in [2.05, 4.69) is 4.74 Å². The SMILES string of the molecule is CCOC(=O)CC(=O)c1cc(F)cc(F)c1. The summed E-state index contributed by atoms with van der Waals surface area (Å²) in [6.07, 6.45) is -0.517. The second kappa shape index (κ2) is 5.34. The van der Waals surface area contributed by atoms with Gasteiger partial charge in [-0.15, -0.1) is 0 Å². The van der Waals surface area contributed by atoms with Crippen molar-refractivity contribution in [2.24, 2.45) is 0 Å². The Morgan fingerprint density at radius 1 is 1.19 bits per heavy atom. The van der Waals surface area contributed by atoms with Crippen LogP contribution < -0.4 is 0 Å². The quantitative estimate of drug-likeness (QED) is 0.450. The summed E-state index contributed by atoms with van der Waals surface area (Å²) in [5, 5.41) is 0. The highest BCUT2D eigenvalue weighted by molar-refractivity contribution is 6.05. The van der Waals surface area contributed by atoms with E-state index in [4.69, 9.17) is 0 Å². The molecule has 1 aromatic rings. The predicted octanol–water partition coefficient (Wildman–Crippen LogP) is 2.10. The van der Waals surface area contributed by atoms with E-state index < -0.39 is 29.8 Å². The molecule has 0 heterocycles. The molecule has 0 unspecified atom stereocenters. The fourth-order valence-corrected chi connectivity index (χ4v) is 1.16. The van der Waals surface area contributed by atoms with Crippen LogP contribution >= 0.6 is 0 Å². The van der Waals surface area contributed by atoms with Crippen molar-refractivity contribution in [2.45, 2.75) is 13.3 Å². The van der Waals surface area contributed by atoms with E-state index in [0.29, 0.717) is 6.07 Å². The molecular formula is C11H10F2O3. The second-order valence-corrected chi connectivity index (χ2v) is 3.06. The first-order valence-electron chi connectivity index (χ1n) is 4.68. The van der Waals surface area contributed by atoms with Crippen molar-refractivity contribution in [3.63, 3.8) is 0 Å². The van der Waals surface area contributed by atoms with Crippen molar-refractivity contribution in [3.05, 3.63) is 35.4 Å². The summed E-state index contributed by atoms with van der Waals surface area (Å²) in [5.74, 6) is -3.09. The molecule has 0 bridgehead atoms.